The molecule has 0 amide bonds. The summed E-state index contributed by atoms with van der Waals surface area (Å²) >= 11 is 0. The molecule has 1 aromatic rings. The molecule has 2 heterocycles. The van der Waals surface area contributed by atoms with Crippen molar-refractivity contribution in [2.45, 2.75) is 38.7 Å². The van der Waals surface area contributed by atoms with E-state index in [1.165, 1.54) is 32.4 Å². The Morgan fingerprint density at radius 3 is 3.17 bits per heavy atom. The van der Waals surface area contributed by atoms with Crippen molar-refractivity contribution in [2.75, 3.05) is 19.7 Å². The van der Waals surface area contributed by atoms with Crippen molar-refractivity contribution in [1.82, 2.24) is 15.3 Å². The van der Waals surface area contributed by atoms with Gasteiger partial charge in [-0.25, -0.2) is 0 Å². The zero-order chi connectivity index (χ0) is 12.6. The van der Waals surface area contributed by atoms with Crippen molar-refractivity contribution in [3.63, 3.8) is 0 Å². The van der Waals surface area contributed by atoms with Crippen molar-refractivity contribution in [3.8, 4) is 0 Å². The Balaban J connectivity index is 1.60. The number of piperidine rings is 1. The van der Waals surface area contributed by atoms with E-state index in [1.54, 1.807) is 18.6 Å². The monoisotopic (exact) mass is 249 g/mol. The SMILES string of the molecule is C[C@H](OCCC[C@H]1CCCNC1)c1cnccn1. The van der Waals surface area contributed by atoms with Crippen LogP contribution in [-0.4, -0.2) is 29.7 Å². The summed E-state index contributed by atoms with van der Waals surface area (Å²) in [5.41, 5.74) is 0.914. The first-order chi connectivity index (χ1) is 8.86. The van der Waals surface area contributed by atoms with Crippen LogP contribution in [0.1, 0.15) is 44.4 Å². The molecule has 1 aliphatic rings. The predicted molar refractivity (Wildman–Crippen MR) is 71.2 cm³/mol. The van der Waals surface area contributed by atoms with Gasteiger partial charge < -0.3 is 10.1 Å². The molecular formula is C14H23N3O. The molecule has 1 saturated heterocycles. The van der Waals surface area contributed by atoms with Gasteiger partial charge in [0.2, 0.25) is 0 Å². The fourth-order valence-electron chi connectivity index (χ4n) is 2.41. The van der Waals surface area contributed by atoms with Crippen LogP contribution in [0, 0.1) is 5.92 Å². The van der Waals surface area contributed by atoms with E-state index in [9.17, 15) is 0 Å². The second kappa shape index (κ2) is 7.44. The van der Waals surface area contributed by atoms with Crippen LogP contribution in [0.4, 0.5) is 0 Å². The summed E-state index contributed by atoms with van der Waals surface area (Å²) in [7, 11) is 0. The van der Waals surface area contributed by atoms with Crippen LogP contribution in [0.5, 0.6) is 0 Å². The van der Waals surface area contributed by atoms with E-state index in [0.717, 1.165) is 24.6 Å². The maximum atomic E-state index is 5.80. The Kier molecular flexibility index (Phi) is 5.55. The first-order valence-electron chi connectivity index (χ1n) is 6.94. The minimum atomic E-state index is 0.0446. The first kappa shape index (κ1) is 13.4. The first-order valence-corrected chi connectivity index (χ1v) is 6.94. The van der Waals surface area contributed by atoms with Crippen molar-refractivity contribution in [3.05, 3.63) is 24.3 Å². The quantitative estimate of drug-likeness (QED) is 0.786. The second-order valence-electron chi connectivity index (χ2n) is 5.00. The zero-order valence-corrected chi connectivity index (χ0v) is 11.1. The minimum absolute atomic E-state index is 0.0446. The summed E-state index contributed by atoms with van der Waals surface area (Å²) in [4.78, 5) is 8.31. The number of ether oxygens (including phenoxy) is 1. The van der Waals surface area contributed by atoms with Gasteiger partial charge in [-0.2, -0.15) is 0 Å². The molecule has 0 spiro atoms. The lowest BCUT2D eigenvalue weighted by molar-refractivity contribution is 0.0572. The van der Waals surface area contributed by atoms with Crippen LogP contribution >= 0.6 is 0 Å². The van der Waals surface area contributed by atoms with Crippen LogP contribution < -0.4 is 5.32 Å². The molecule has 0 saturated carbocycles. The molecule has 1 aromatic heterocycles. The van der Waals surface area contributed by atoms with E-state index < -0.39 is 0 Å². The molecule has 1 N–H and O–H groups in total. The van der Waals surface area contributed by atoms with Gasteiger partial charge in [-0.05, 0) is 51.6 Å². The molecule has 0 aromatic carbocycles. The molecule has 4 nitrogen and oxygen atoms in total. The number of hydrogen-bond acceptors (Lipinski definition) is 4. The van der Waals surface area contributed by atoms with Crippen molar-refractivity contribution in [2.24, 2.45) is 5.92 Å². The summed E-state index contributed by atoms with van der Waals surface area (Å²) in [6.07, 6.45) is 10.3. The van der Waals surface area contributed by atoms with E-state index in [1.807, 2.05) is 6.92 Å². The standard InChI is InChI=1S/C14H23N3O/c1-12(14-11-16-7-8-17-14)18-9-3-5-13-4-2-6-15-10-13/h7-8,11-13,15H,2-6,9-10H2,1H3/t12-,13+/m0/s1. The largest absolute Gasteiger partial charge is 0.372 e. The molecule has 18 heavy (non-hydrogen) atoms. The van der Waals surface area contributed by atoms with Gasteiger partial charge in [-0.1, -0.05) is 0 Å². The van der Waals surface area contributed by atoms with Gasteiger partial charge in [0, 0.05) is 19.0 Å². The van der Waals surface area contributed by atoms with E-state index in [0.29, 0.717) is 0 Å². The van der Waals surface area contributed by atoms with E-state index in [-0.39, 0.29) is 6.10 Å². The summed E-state index contributed by atoms with van der Waals surface area (Å²) in [6, 6.07) is 0. The lowest BCUT2D eigenvalue weighted by Crippen LogP contribution is -2.29. The lowest BCUT2D eigenvalue weighted by Gasteiger charge is -2.22. The molecule has 0 radical (unpaired) electrons. The molecule has 1 fully saturated rings. The molecule has 1 aliphatic heterocycles. The summed E-state index contributed by atoms with van der Waals surface area (Å²) in [6.45, 7) is 5.22. The number of rotatable bonds is 6. The second-order valence-corrected chi connectivity index (χ2v) is 5.00. The molecular weight excluding hydrogens is 226 g/mol. The van der Waals surface area contributed by atoms with Gasteiger partial charge >= 0.3 is 0 Å². The predicted octanol–water partition coefficient (Wildman–Crippen LogP) is 2.33. The highest BCUT2D eigenvalue weighted by Gasteiger charge is 2.13. The highest BCUT2D eigenvalue weighted by Crippen LogP contribution is 2.17. The van der Waals surface area contributed by atoms with Gasteiger partial charge in [-0.3, -0.25) is 9.97 Å². The lowest BCUT2D eigenvalue weighted by atomic mass is 9.95. The third-order valence-corrected chi connectivity index (χ3v) is 3.52. The van der Waals surface area contributed by atoms with Crippen molar-refractivity contribution >= 4 is 0 Å². The summed E-state index contributed by atoms with van der Waals surface area (Å²) < 4.78 is 5.80. The highest BCUT2D eigenvalue weighted by molar-refractivity contribution is 4.97. The number of hydrogen-bond donors (Lipinski definition) is 1. The molecule has 100 valence electrons. The van der Waals surface area contributed by atoms with Gasteiger partial charge in [0.1, 0.15) is 0 Å². The fraction of sp³-hybridized carbons (Fsp3) is 0.714. The Bertz CT molecular complexity index is 325. The molecule has 4 heteroatoms. The van der Waals surface area contributed by atoms with Crippen molar-refractivity contribution < 1.29 is 4.74 Å². The van der Waals surface area contributed by atoms with Gasteiger partial charge in [-0.15, -0.1) is 0 Å². The van der Waals surface area contributed by atoms with E-state index >= 15 is 0 Å². The van der Waals surface area contributed by atoms with Crippen LogP contribution in [0.3, 0.4) is 0 Å². The van der Waals surface area contributed by atoms with Gasteiger partial charge in [0.05, 0.1) is 18.0 Å². The maximum Gasteiger partial charge on any atom is 0.0982 e. The molecule has 2 rings (SSSR count). The van der Waals surface area contributed by atoms with Crippen LogP contribution in [-0.2, 0) is 4.74 Å². The van der Waals surface area contributed by atoms with E-state index in [4.69, 9.17) is 4.74 Å². The maximum absolute atomic E-state index is 5.80. The van der Waals surface area contributed by atoms with Crippen molar-refractivity contribution in [1.29, 1.82) is 0 Å². The Hall–Kier alpha value is -1.00. The van der Waals surface area contributed by atoms with E-state index in [2.05, 4.69) is 15.3 Å². The third-order valence-electron chi connectivity index (χ3n) is 3.52. The van der Waals surface area contributed by atoms with Gasteiger partial charge in [0.25, 0.3) is 0 Å². The zero-order valence-electron chi connectivity index (χ0n) is 11.1. The molecule has 2 atom stereocenters. The van der Waals surface area contributed by atoms with Crippen LogP contribution in [0.2, 0.25) is 0 Å². The smallest absolute Gasteiger partial charge is 0.0982 e. The number of aromatic nitrogens is 2. The fourth-order valence-corrected chi connectivity index (χ4v) is 2.41. The molecule has 0 bridgehead atoms. The van der Waals surface area contributed by atoms with Gasteiger partial charge in [0.15, 0.2) is 0 Å². The average molecular weight is 249 g/mol. The van der Waals surface area contributed by atoms with Crippen LogP contribution in [0.15, 0.2) is 18.6 Å². The third kappa shape index (κ3) is 4.35. The Labute approximate surface area is 109 Å². The Morgan fingerprint density at radius 1 is 1.50 bits per heavy atom. The number of nitrogens with one attached hydrogen (secondary N) is 1. The number of nitrogens with zero attached hydrogens (tertiary/aromatic N) is 2. The normalized spacial score (nSPS) is 21.7. The molecule has 0 unspecified atom stereocenters. The molecule has 0 aliphatic carbocycles. The Morgan fingerprint density at radius 2 is 2.44 bits per heavy atom. The topological polar surface area (TPSA) is 47.0 Å². The minimum Gasteiger partial charge on any atom is -0.372 e. The highest BCUT2D eigenvalue weighted by atomic mass is 16.5. The summed E-state index contributed by atoms with van der Waals surface area (Å²) in [5.74, 6) is 0.842. The summed E-state index contributed by atoms with van der Waals surface area (Å²) in [5, 5.41) is 3.45. The van der Waals surface area contributed by atoms with Crippen LogP contribution in [0.25, 0.3) is 0 Å². The average Bonchev–Trinajstić information content (AvgIpc) is 2.45.